The SMILES string of the molecule is O=S(=O)(C1CCCC1)C1(CBr)C=CC=CC1. The largest absolute Gasteiger partial charge is 0.228 e. The minimum atomic E-state index is -3.06. The van der Waals surface area contributed by atoms with Gasteiger partial charge in [0, 0.05) is 5.33 Å². The lowest BCUT2D eigenvalue weighted by Gasteiger charge is -2.31. The molecule has 2 nitrogen and oxygen atoms in total. The summed E-state index contributed by atoms with van der Waals surface area (Å²) in [6.45, 7) is 0. The molecule has 90 valence electrons. The second-order valence-electron chi connectivity index (χ2n) is 4.64. The molecule has 0 spiro atoms. The van der Waals surface area contributed by atoms with Crippen LogP contribution >= 0.6 is 15.9 Å². The molecule has 2 aliphatic carbocycles. The molecule has 1 atom stereocenters. The number of hydrogen-bond donors (Lipinski definition) is 0. The van der Waals surface area contributed by atoms with Crippen LogP contribution in [-0.4, -0.2) is 23.7 Å². The fourth-order valence-corrected chi connectivity index (χ4v) is 6.30. The number of halogens is 1. The van der Waals surface area contributed by atoms with Crippen molar-refractivity contribution in [1.29, 1.82) is 0 Å². The van der Waals surface area contributed by atoms with Crippen molar-refractivity contribution in [2.24, 2.45) is 0 Å². The highest BCUT2D eigenvalue weighted by molar-refractivity contribution is 9.09. The van der Waals surface area contributed by atoms with Crippen molar-refractivity contribution in [2.75, 3.05) is 5.33 Å². The lowest BCUT2D eigenvalue weighted by Crippen LogP contribution is -2.44. The van der Waals surface area contributed by atoms with Crippen molar-refractivity contribution in [3.05, 3.63) is 24.3 Å². The van der Waals surface area contributed by atoms with Gasteiger partial charge in [-0.2, -0.15) is 0 Å². The van der Waals surface area contributed by atoms with Crippen LogP contribution in [-0.2, 0) is 9.84 Å². The summed E-state index contributed by atoms with van der Waals surface area (Å²) in [6.07, 6.45) is 12.0. The Bertz CT molecular complexity index is 405. The first kappa shape index (κ1) is 12.4. The van der Waals surface area contributed by atoms with E-state index in [1.54, 1.807) is 0 Å². The van der Waals surface area contributed by atoms with Crippen LogP contribution in [0.4, 0.5) is 0 Å². The van der Waals surface area contributed by atoms with Gasteiger partial charge in [-0.05, 0) is 19.3 Å². The van der Waals surface area contributed by atoms with Crippen molar-refractivity contribution in [3.63, 3.8) is 0 Å². The Hall–Kier alpha value is -0.0900. The molecule has 1 saturated carbocycles. The second-order valence-corrected chi connectivity index (χ2v) is 7.77. The summed E-state index contributed by atoms with van der Waals surface area (Å²) in [7, 11) is -3.06. The first-order valence-electron chi connectivity index (χ1n) is 5.76. The highest BCUT2D eigenvalue weighted by Crippen LogP contribution is 2.37. The minimum absolute atomic E-state index is 0.124. The summed E-state index contributed by atoms with van der Waals surface area (Å²) >= 11 is 3.39. The first-order chi connectivity index (χ1) is 7.62. The predicted octanol–water partition coefficient (Wildman–Crippen LogP) is 2.99. The van der Waals surface area contributed by atoms with E-state index < -0.39 is 14.6 Å². The summed E-state index contributed by atoms with van der Waals surface area (Å²) in [5, 5.41) is 0.376. The van der Waals surface area contributed by atoms with Crippen LogP contribution in [0, 0.1) is 0 Å². The van der Waals surface area contributed by atoms with Crippen LogP contribution in [0.5, 0.6) is 0 Å². The van der Waals surface area contributed by atoms with Gasteiger partial charge in [0.05, 0.1) is 5.25 Å². The molecule has 0 aromatic heterocycles. The molecule has 0 aromatic rings. The van der Waals surface area contributed by atoms with Crippen LogP contribution in [0.1, 0.15) is 32.1 Å². The Morgan fingerprint density at radius 1 is 1.25 bits per heavy atom. The van der Waals surface area contributed by atoms with E-state index in [0.717, 1.165) is 25.7 Å². The second kappa shape index (κ2) is 4.65. The van der Waals surface area contributed by atoms with Gasteiger partial charge in [-0.15, -0.1) is 0 Å². The molecule has 0 aromatic carbocycles. The van der Waals surface area contributed by atoms with Crippen LogP contribution in [0.25, 0.3) is 0 Å². The third-order valence-corrected chi connectivity index (χ3v) is 7.95. The molecule has 1 unspecified atom stereocenters. The third kappa shape index (κ3) is 1.90. The zero-order chi connectivity index (χ0) is 11.6. The van der Waals surface area contributed by atoms with E-state index in [4.69, 9.17) is 0 Å². The smallest absolute Gasteiger partial charge is 0.163 e. The van der Waals surface area contributed by atoms with Crippen LogP contribution in [0.15, 0.2) is 24.3 Å². The Labute approximate surface area is 106 Å². The number of alkyl halides is 1. The molecule has 0 N–H and O–H groups in total. The lowest BCUT2D eigenvalue weighted by atomic mass is 10.0. The summed E-state index contributed by atoms with van der Waals surface area (Å²) in [6, 6.07) is 0. The zero-order valence-electron chi connectivity index (χ0n) is 9.23. The summed E-state index contributed by atoms with van der Waals surface area (Å²) < 4.78 is 24.6. The molecule has 0 saturated heterocycles. The van der Waals surface area contributed by atoms with Gasteiger partial charge >= 0.3 is 0 Å². The van der Waals surface area contributed by atoms with Gasteiger partial charge in [0.1, 0.15) is 4.75 Å². The highest BCUT2D eigenvalue weighted by Gasteiger charge is 2.45. The highest BCUT2D eigenvalue weighted by atomic mass is 79.9. The minimum Gasteiger partial charge on any atom is -0.228 e. The van der Waals surface area contributed by atoms with E-state index in [2.05, 4.69) is 15.9 Å². The van der Waals surface area contributed by atoms with Gasteiger partial charge in [0.2, 0.25) is 0 Å². The number of sulfone groups is 1. The quantitative estimate of drug-likeness (QED) is 0.751. The molecule has 16 heavy (non-hydrogen) atoms. The molecule has 0 aliphatic heterocycles. The molecule has 0 bridgehead atoms. The Balaban J connectivity index is 2.33. The van der Waals surface area contributed by atoms with Gasteiger partial charge in [0.15, 0.2) is 9.84 Å². The average molecular weight is 305 g/mol. The van der Waals surface area contributed by atoms with Crippen molar-refractivity contribution < 1.29 is 8.42 Å². The van der Waals surface area contributed by atoms with E-state index in [-0.39, 0.29) is 5.25 Å². The molecular formula is C12H17BrO2S. The molecule has 4 heteroatoms. The Kier molecular flexibility index (Phi) is 3.59. The molecule has 0 heterocycles. The van der Waals surface area contributed by atoms with Gasteiger partial charge in [-0.25, -0.2) is 8.42 Å². The maximum absolute atomic E-state index is 12.6. The molecule has 2 aliphatic rings. The Morgan fingerprint density at radius 3 is 2.44 bits per heavy atom. The monoisotopic (exact) mass is 304 g/mol. The van der Waals surface area contributed by atoms with Crippen molar-refractivity contribution in [3.8, 4) is 0 Å². The number of rotatable bonds is 3. The van der Waals surface area contributed by atoms with Gasteiger partial charge in [-0.3, -0.25) is 0 Å². The fraction of sp³-hybridized carbons (Fsp3) is 0.667. The molecule has 0 radical (unpaired) electrons. The van der Waals surface area contributed by atoms with E-state index in [0.29, 0.717) is 11.8 Å². The zero-order valence-corrected chi connectivity index (χ0v) is 11.6. The normalized spacial score (nSPS) is 31.1. The number of allylic oxidation sites excluding steroid dienone is 3. The summed E-state index contributed by atoms with van der Waals surface area (Å²) in [4.78, 5) is 0. The van der Waals surface area contributed by atoms with Crippen LogP contribution in [0.2, 0.25) is 0 Å². The average Bonchev–Trinajstić information content (AvgIpc) is 2.84. The molecule has 2 rings (SSSR count). The van der Waals surface area contributed by atoms with Crippen molar-refractivity contribution in [2.45, 2.75) is 42.1 Å². The van der Waals surface area contributed by atoms with E-state index in [9.17, 15) is 8.42 Å². The van der Waals surface area contributed by atoms with Gasteiger partial charge < -0.3 is 0 Å². The third-order valence-electron chi connectivity index (χ3n) is 3.64. The summed E-state index contributed by atoms with van der Waals surface area (Å²) in [5.41, 5.74) is 0. The fourth-order valence-electron chi connectivity index (χ4n) is 2.56. The Morgan fingerprint density at radius 2 is 1.94 bits per heavy atom. The van der Waals surface area contributed by atoms with Crippen LogP contribution < -0.4 is 0 Å². The van der Waals surface area contributed by atoms with E-state index in [1.807, 2.05) is 24.3 Å². The lowest BCUT2D eigenvalue weighted by molar-refractivity contribution is 0.548. The maximum atomic E-state index is 12.6. The predicted molar refractivity (Wildman–Crippen MR) is 70.6 cm³/mol. The van der Waals surface area contributed by atoms with Gasteiger partial charge in [-0.1, -0.05) is 53.1 Å². The molecule has 0 amide bonds. The van der Waals surface area contributed by atoms with E-state index in [1.165, 1.54) is 0 Å². The molecular weight excluding hydrogens is 288 g/mol. The van der Waals surface area contributed by atoms with Crippen molar-refractivity contribution >= 4 is 25.8 Å². The maximum Gasteiger partial charge on any atom is 0.163 e. The summed E-state index contributed by atoms with van der Waals surface area (Å²) in [5.74, 6) is 0. The van der Waals surface area contributed by atoms with Gasteiger partial charge in [0.25, 0.3) is 0 Å². The molecule has 1 fully saturated rings. The topological polar surface area (TPSA) is 34.1 Å². The standard InChI is InChI=1S/C12H17BrO2S/c13-10-12(8-4-1-5-9-12)16(14,15)11-6-2-3-7-11/h1,4-5,8,11H,2-3,6-7,9-10H2. The first-order valence-corrected chi connectivity index (χ1v) is 8.43. The van der Waals surface area contributed by atoms with Crippen molar-refractivity contribution in [1.82, 2.24) is 0 Å². The van der Waals surface area contributed by atoms with E-state index >= 15 is 0 Å². The number of hydrogen-bond acceptors (Lipinski definition) is 2. The van der Waals surface area contributed by atoms with Crippen LogP contribution in [0.3, 0.4) is 0 Å².